The molecule has 0 amide bonds. The molecule has 0 spiro atoms. The van der Waals surface area contributed by atoms with Crippen molar-refractivity contribution in [2.24, 2.45) is 0 Å². The molecule has 2 aromatic heterocycles. The Morgan fingerprint density at radius 1 is 1.29 bits per heavy atom. The molecule has 148 valence electrons. The summed E-state index contributed by atoms with van der Waals surface area (Å²) in [7, 11) is 1.64. The van der Waals surface area contributed by atoms with Gasteiger partial charge in [-0.25, -0.2) is 4.98 Å². The second kappa shape index (κ2) is 8.16. The molecule has 0 saturated carbocycles. The van der Waals surface area contributed by atoms with Crippen molar-refractivity contribution in [1.29, 1.82) is 0 Å². The molecule has 1 N–H and O–H groups in total. The third kappa shape index (κ3) is 4.43. The van der Waals surface area contributed by atoms with Crippen LogP contribution in [0.4, 0.5) is 0 Å². The van der Waals surface area contributed by atoms with Crippen molar-refractivity contribution >= 4 is 17.3 Å². The van der Waals surface area contributed by atoms with E-state index in [2.05, 4.69) is 4.98 Å². The van der Waals surface area contributed by atoms with Crippen molar-refractivity contribution in [3.63, 3.8) is 0 Å². The average Bonchev–Trinajstić information content (AvgIpc) is 3.28. The summed E-state index contributed by atoms with van der Waals surface area (Å²) in [5.41, 5.74) is 0.440. The van der Waals surface area contributed by atoms with Gasteiger partial charge in [-0.1, -0.05) is 12.1 Å². The topological polar surface area (TPSA) is 73.6 Å². The SMILES string of the molecule is CCOC(=O)Cc1nc(C(C)(C)O)cn1-c1ccc(-c2cccc(OC)c2)s1. The van der Waals surface area contributed by atoms with Gasteiger partial charge in [-0.05, 0) is 50.6 Å². The molecule has 7 heteroatoms. The van der Waals surface area contributed by atoms with Crippen LogP contribution >= 0.6 is 11.3 Å². The van der Waals surface area contributed by atoms with Crippen LogP contribution in [-0.2, 0) is 21.6 Å². The third-order valence-electron chi connectivity index (χ3n) is 4.20. The maximum Gasteiger partial charge on any atom is 0.313 e. The molecule has 0 fully saturated rings. The van der Waals surface area contributed by atoms with Crippen molar-refractivity contribution < 1.29 is 19.4 Å². The first-order valence-corrected chi connectivity index (χ1v) is 9.85. The summed E-state index contributed by atoms with van der Waals surface area (Å²) in [5, 5.41) is 11.3. The van der Waals surface area contributed by atoms with E-state index in [-0.39, 0.29) is 12.4 Å². The Hall–Kier alpha value is -2.64. The maximum atomic E-state index is 12.0. The molecule has 0 aliphatic heterocycles. The van der Waals surface area contributed by atoms with Crippen LogP contribution in [0.25, 0.3) is 15.4 Å². The lowest BCUT2D eigenvalue weighted by Crippen LogP contribution is -2.16. The number of carbonyl (C=O) groups is 1. The number of benzene rings is 1. The van der Waals surface area contributed by atoms with E-state index in [1.54, 1.807) is 45.4 Å². The molecule has 0 unspecified atom stereocenters. The quantitative estimate of drug-likeness (QED) is 0.608. The minimum Gasteiger partial charge on any atom is -0.497 e. The Kier molecular flexibility index (Phi) is 5.86. The largest absolute Gasteiger partial charge is 0.497 e. The number of hydrogen-bond donors (Lipinski definition) is 1. The minimum atomic E-state index is -1.11. The summed E-state index contributed by atoms with van der Waals surface area (Å²) in [4.78, 5) is 17.6. The summed E-state index contributed by atoms with van der Waals surface area (Å²) in [6.45, 7) is 5.43. The number of ether oxygens (including phenoxy) is 2. The number of rotatable bonds is 7. The number of hydrogen-bond acceptors (Lipinski definition) is 6. The predicted molar refractivity (Wildman–Crippen MR) is 109 cm³/mol. The lowest BCUT2D eigenvalue weighted by Gasteiger charge is -2.12. The Morgan fingerprint density at radius 2 is 2.07 bits per heavy atom. The molecular formula is C21H24N2O4S. The lowest BCUT2D eigenvalue weighted by molar-refractivity contribution is -0.142. The monoisotopic (exact) mass is 400 g/mol. The van der Waals surface area contributed by atoms with E-state index in [1.165, 1.54) is 0 Å². The number of methoxy groups -OCH3 is 1. The van der Waals surface area contributed by atoms with E-state index < -0.39 is 5.60 Å². The van der Waals surface area contributed by atoms with E-state index in [0.29, 0.717) is 18.1 Å². The van der Waals surface area contributed by atoms with Crippen molar-refractivity contribution in [2.75, 3.05) is 13.7 Å². The number of aliphatic hydroxyl groups is 1. The zero-order chi connectivity index (χ0) is 20.3. The van der Waals surface area contributed by atoms with Crippen molar-refractivity contribution in [2.45, 2.75) is 32.8 Å². The number of thiophene rings is 1. The lowest BCUT2D eigenvalue weighted by atomic mass is 10.1. The Bertz CT molecular complexity index is 969. The van der Waals surface area contributed by atoms with E-state index in [0.717, 1.165) is 21.2 Å². The van der Waals surface area contributed by atoms with Gasteiger partial charge < -0.3 is 14.6 Å². The minimum absolute atomic E-state index is 0.0380. The van der Waals surface area contributed by atoms with Gasteiger partial charge >= 0.3 is 5.97 Å². The molecular weight excluding hydrogens is 376 g/mol. The molecule has 2 heterocycles. The summed E-state index contributed by atoms with van der Waals surface area (Å²) >= 11 is 1.57. The molecule has 0 aliphatic carbocycles. The van der Waals surface area contributed by atoms with Gasteiger partial charge in [0.1, 0.15) is 28.6 Å². The highest BCUT2D eigenvalue weighted by molar-refractivity contribution is 7.17. The molecule has 0 aliphatic rings. The highest BCUT2D eigenvalue weighted by Gasteiger charge is 2.24. The molecule has 0 bridgehead atoms. The van der Waals surface area contributed by atoms with Gasteiger partial charge in [0.25, 0.3) is 0 Å². The number of carbonyl (C=O) groups excluding carboxylic acids is 1. The van der Waals surface area contributed by atoms with Crippen molar-refractivity contribution in [3.8, 4) is 21.2 Å². The van der Waals surface area contributed by atoms with E-state index >= 15 is 0 Å². The number of esters is 1. The predicted octanol–water partition coefficient (Wildman–Crippen LogP) is 3.94. The molecule has 3 aromatic rings. The number of aromatic nitrogens is 2. The Morgan fingerprint density at radius 3 is 2.75 bits per heavy atom. The van der Waals surface area contributed by atoms with Gasteiger partial charge in [0, 0.05) is 11.1 Å². The van der Waals surface area contributed by atoms with Gasteiger partial charge in [-0.15, -0.1) is 11.3 Å². The third-order valence-corrected chi connectivity index (χ3v) is 5.33. The van der Waals surface area contributed by atoms with Gasteiger partial charge in [0.15, 0.2) is 0 Å². The van der Waals surface area contributed by atoms with Gasteiger partial charge in [-0.3, -0.25) is 9.36 Å². The summed E-state index contributed by atoms with van der Waals surface area (Å²) < 4.78 is 12.2. The number of imidazole rings is 1. The first-order chi connectivity index (χ1) is 13.3. The highest BCUT2D eigenvalue weighted by Crippen LogP contribution is 2.33. The average molecular weight is 401 g/mol. The maximum absolute atomic E-state index is 12.0. The Balaban J connectivity index is 1.99. The van der Waals surface area contributed by atoms with Crippen LogP contribution in [0.3, 0.4) is 0 Å². The standard InChI is InChI=1S/C21H24N2O4S/c1-5-27-20(24)12-18-22-17(21(2,3)25)13-23(18)19-10-9-16(28-19)14-7-6-8-15(11-14)26-4/h6-11,13,25H,5,12H2,1-4H3. The molecule has 28 heavy (non-hydrogen) atoms. The van der Waals surface area contributed by atoms with Gasteiger partial charge in [-0.2, -0.15) is 0 Å². The normalized spacial score (nSPS) is 11.5. The van der Waals surface area contributed by atoms with Gasteiger partial charge in [0.05, 0.1) is 19.4 Å². The van der Waals surface area contributed by atoms with Crippen LogP contribution in [-0.4, -0.2) is 34.3 Å². The summed E-state index contributed by atoms with van der Waals surface area (Å²) in [5.74, 6) is 0.984. The second-order valence-electron chi connectivity index (χ2n) is 6.82. The molecule has 0 radical (unpaired) electrons. The van der Waals surface area contributed by atoms with Crippen LogP contribution in [0.5, 0.6) is 5.75 Å². The Labute approximate surface area is 168 Å². The molecule has 1 aromatic carbocycles. The highest BCUT2D eigenvalue weighted by atomic mass is 32.1. The van der Waals surface area contributed by atoms with Crippen LogP contribution < -0.4 is 4.74 Å². The zero-order valence-electron chi connectivity index (χ0n) is 16.4. The zero-order valence-corrected chi connectivity index (χ0v) is 17.2. The smallest absolute Gasteiger partial charge is 0.313 e. The summed E-state index contributed by atoms with van der Waals surface area (Å²) in [6, 6.07) is 11.8. The second-order valence-corrected chi connectivity index (χ2v) is 7.89. The van der Waals surface area contributed by atoms with E-state index in [4.69, 9.17) is 9.47 Å². The van der Waals surface area contributed by atoms with E-state index in [1.807, 2.05) is 41.0 Å². The summed E-state index contributed by atoms with van der Waals surface area (Å²) in [6.07, 6.45) is 1.81. The fourth-order valence-corrected chi connectivity index (χ4v) is 3.76. The van der Waals surface area contributed by atoms with Crippen LogP contribution in [0.15, 0.2) is 42.6 Å². The molecule has 0 atom stereocenters. The van der Waals surface area contributed by atoms with E-state index in [9.17, 15) is 9.90 Å². The molecule has 3 rings (SSSR count). The fourth-order valence-electron chi connectivity index (χ4n) is 2.76. The first kappa shape index (κ1) is 20.1. The number of nitrogens with zero attached hydrogens (tertiary/aromatic N) is 2. The molecule has 0 saturated heterocycles. The van der Waals surface area contributed by atoms with Crippen LogP contribution in [0.1, 0.15) is 32.3 Å². The fraction of sp³-hybridized carbons (Fsp3) is 0.333. The van der Waals surface area contributed by atoms with Crippen LogP contribution in [0.2, 0.25) is 0 Å². The molecule has 6 nitrogen and oxygen atoms in total. The van der Waals surface area contributed by atoms with Crippen LogP contribution in [0, 0.1) is 0 Å². The first-order valence-electron chi connectivity index (χ1n) is 9.03. The van der Waals surface area contributed by atoms with Crippen molar-refractivity contribution in [1.82, 2.24) is 9.55 Å². The van der Waals surface area contributed by atoms with Crippen molar-refractivity contribution in [3.05, 3.63) is 54.1 Å². The van der Waals surface area contributed by atoms with Gasteiger partial charge in [0.2, 0.25) is 0 Å².